The minimum Gasteiger partial charge on any atom is -0.445 e. The van der Waals surface area contributed by atoms with Crippen molar-refractivity contribution in [2.45, 2.75) is 19.4 Å². The molecule has 2 amide bonds. The standard InChI is InChI=1S/C13H18N2O3/c1-14-12(16)8-5-9-15-13(17)18-10-11-6-3-2-4-7-11/h2-4,6-7H,5,8-10H2,1H3,(H,14,16)(H,15,17). The summed E-state index contributed by atoms with van der Waals surface area (Å²) >= 11 is 0. The highest BCUT2D eigenvalue weighted by Gasteiger charge is 2.02. The van der Waals surface area contributed by atoms with E-state index in [9.17, 15) is 9.59 Å². The summed E-state index contributed by atoms with van der Waals surface area (Å²) in [5, 5.41) is 5.11. The Kier molecular flexibility index (Phi) is 6.32. The molecule has 2 N–H and O–H groups in total. The molecule has 0 saturated heterocycles. The highest BCUT2D eigenvalue weighted by atomic mass is 16.5. The Bertz CT molecular complexity index is 379. The van der Waals surface area contributed by atoms with Crippen LogP contribution < -0.4 is 10.6 Å². The van der Waals surface area contributed by atoms with Crippen LogP contribution in [0.3, 0.4) is 0 Å². The highest BCUT2D eigenvalue weighted by molar-refractivity contribution is 5.75. The Labute approximate surface area is 107 Å². The van der Waals surface area contributed by atoms with Gasteiger partial charge in [-0.25, -0.2) is 4.79 Å². The molecule has 1 aromatic rings. The van der Waals surface area contributed by atoms with Crippen LogP contribution in [0.4, 0.5) is 4.79 Å². The van der Waals surface area contributed by atoms with E-state index < -0.39 is 6.09 Å². The molecule has 0 bridgehead atoms. The van der Waals surface area contributed by atoms with E-state index in [1.807, 2.05) is 30.3 Å². The molecule has 0 unspecified atom stereocenters. The molecule has 0 radical (unpaired) electrons. The Balaban J connectivity index is 2.09. The molecule has 0 heterocycles. The number of carbonyl (C=O) groups is 2. The van der Waals surface area contributed by atoms with Crippen molar-refractivity contribution < 1.29 is 14.3 Å². The molecule has 1 aromatic carbocycles. The van der Waals surface area contributed by atoms with Crippen molar-refractivity contribution in [3.63, 3.8) is 0 Å². The minimum atomic E-state index is -0.462. The van der Waals surface area contributed by atoms with Crippen molar-refractivity contribution >= 4 is 12.0 Å². The summed E-state index contributed by atoms with van der Waals surface area (Å²) in [5.41, 5.74) is 0.943. The molecule has 0 aliphatic carbocycles. The van der Waals surface area contributed by atoms with Crippen LogP contribution in [-0.4, -0.2) is 25.6 Å². The molecule has 1 rings (SSSR count). The van der Waals surface area contributed by atoms with Gasteiger partial charge >= 0.3 is 6.09 Å². The van der Waals surface area contributed by atoms with Crippen LogP contribution in [0.1, 0.15) is 18.4 Å². The maximum absolute atomic E-state index is 11.3. The first-order valence-electron chi connectivity index (χ1n) is 5.87. The Morgan fingerprint density at radius 1 is 1.22 bits per heavy atom. The molecule has 5 nitrogen and oxygen atoms in total. The minimum absolute atomic E-state index is 0.0329. The van der Waals surface area contributed by atoms with Gasteiger partial charge in [0.2, 0.25) is 5.91 Å². The number of alkyl carbamates (subject to hydrolysis) is 1. The van der Waals surface area contributed by atoms with Gasteiger partial charge in [0.1, 0.15) is 6.61 Å². The number of benzene rings is 1. The number of carbonyl (C=O) groups excluding carboxylic acids is 2. The molecule has 0 atom stereocenters. The second-order valence-corrected chi connectivity index (χ2v) is 3.77. The molecule has 0 aliphatic heterocycles. The lowest BCUT2D eigenvalue weighted by Crippen LogP contribution is -2.26. The normalized spacial score (nSPS) is 9.61. The van der Waals surface area contributed by atoms with Gasteiger partial charge in [0.25, 0.3) is 0 Å². The molecule has 0 spiro atoms. The predicted molar refractivity (Wildman–Crippen MR) is 67.9 cm³/mol. The summed E-state index contributed by atoms with van der Waals surface area (Å²) in [6.45, 7) is 0.684. The van der Waals surface area contributed by atoms with Gasteiger partial charge in [0, 0.05) is 20.0 Å². The fraction of sp³-hybridized carbons (Fsp3) is 0.385. The van der Waals surface area contributed by atoms with Crippen LogP contribution in [0.25, 0.3) is 0 Å². The topological polar surface area (TPSA) is 67.4 Å². The van der Waals surface area contributed by atoms with Gasteiger partial charge < -0.3 is 15.4 Å². The second kappa shape index (κ2) is 8.11. The van der Waals surface area contributed by atoms with Crippen molar-refractivity contribution in [1.82, 2.24) is 10.6 Å². The van der Waals surface area contributed by atoms with Gasteiger partial charge in [-0.2, -0.15) is 0 Å². The van der Waals surface area contributed by atoms with Crippen LogP contribution in [0, 0.1) is 0 Å². The molecular formula is C13H18N2O3. The largest absolute Gasteiger partial charge is 0.445 e. The van der Waals surface area contributed by atoms with Crippen molar-refractivity contribution in [3.8, 4) is 0 Å². The van der Waals surface area contributed by atoms with Crippen molar-refractivity contribution in [2.24, 2.45) is 0 Å². The fourth-order valence-corrected chi connectivity index (χ4v) is 1.34. The van der Waals surface area contributed by atoms with Gasteiger partial charge in [0.05, 0.1) is 0 Å². The van der Waals surface area contributed by atoms with Crippen LogP contribution >= 0.6 is 0 Å². The molecule has 0 saturated carbocycles. The number of amides is 2. The molecule has 0 aromatic heterocycles. The van der Waals surface area contributed by atoms with Crippen LogP contribution in [0.2, 0.25) is 0 Å². The number of hydrogen-bond acceptors (Lipinski definition) is 3. The Morgan fingerprint density at radius 3 is 2.61 bits per heavy atom. The summed E-state index contributed by atoms with van der Waals surface area (Å²) in [6, 6.07) is 9.46. The van der Waals surface area contributed by atoms with E-state index in [1.54, 1.807) is 7.05 Å². The van der Waals surface area contributed by atoms with E-state index in [4.69, 9.17) is 4.74 Å². The first-order valence-corrected chi connectivity index (χ1v) is 5.87. The van der Waals surface area contributed by atoms with Crippen molar-refractivity contribution in [2.75, 3.05) is 13.6 Å². The second-order valence-electron chi connectivity index (χ2n) is 3.77. The molecule has 0 fully saturated rings. The maximum Gasteiger partial charge on any atom is 0.407 e. The molecule has 0 aliphatic rings. The lowest BCUT2D eigenvalue weighted by molar-refractivity contribution is -0.120. The summed E-state index contributed by atoms with van der Waals surface area (Å²) < 4.78 is 5.01. The quantitative estimate of drug-likeness (QED) is 0.751. The maximum atomic E-state index is 11.3. The van der Waals surface area contributed by atoms with Crippen LogP contribution in [0.5, 0.6) is 0 Å². The molecule has 5 heteroatoms. The van der Waals surface area contributed by atoms with E-state index in [-0.39, 0.29) is 12.5 Å². The summed E-state index contributed by atoms with van der Waals surface area (Å²) in [7, 11) is 1.59. The third kappa shape index (κ3) is 5.89. The van der Waals surface area contributed by atoms with E-state index in [2.05, 4.69) is 10.6 Å². The first kappa shape index (κ1) is 14.0. The average molecular weight is 250 g/mol. The van der Waals surface area contributed by atoms with E-state index in [0.29, 0.717) is 19.4 Å². The highest BCUT2D eigenvalue weighted by Crippen LogP contribution is 2.00. The monoisotopic (exact) mass is 250 g/mol. The number of ether oxygens (including phenoxy) is 1. The van der Waals surface area contributed by atoms with Crippen molar-refractivity contribution in [1.29, 1.82) is 0 Å². The average Bonchev–Trinajstić information content (AvgIpc) is 2.42. The number of nitrogens with one attached hydrogen (secondary N) is 2. The molecule has 98 valence electrons. The molecule has 18 heavy (non-hydrogen) atoms. The first-order chi connectivity index (χ1) is 8.72. The van der Waals surface area contributed by atoms with E-state index in [1.165, 1.54) is 0 Å². The zero-order chi connectivity index (χ0) is 13.2. The third-order valence-electron chi connectivity index (χ3n) is 2.34. The van der Waals surface area contributed by atoms with Gasteiger partial charge in [-0.15, -0.1) is 0 Å². The van der Waals surface area contributed by atoms with Crippen LogP contribution in [-0.2, 0) is 16.1 Å². The zero-order valence-electron chi connectivity index (χ0n) is 10.4. The van der Waals surface area contributed by atoms with Gasteiger partial charge in [-0.05, 0) is 12.0 Å². The Morgan fingerprint density at radius 2 is 1.94 bits per heavy atom. The van der Waals surface area contributed by atoms with Gasteiger partial charge in [-0.3, -0.25) is 4.79 Å². The molecular weight excluding hydrogens is 232 g/mol. The lowest BCUT2D eigenvalue weighted by atomic mass is 10.2. The zero-order valence-corrected chi connectivity index (χ0v) is 10.4. The van der Waals surface area contributed by atoms with Crippen molar-refractivity contribution in [3.05, 3.63) is 35.9 Å². The van der Waals surface area contributed by atoms with Gasteiger partial charge in [0.15, 0.2) is 0 Å². The lowest BCUT2D eigenvalue weighted by Gasteiger charge is -2.06. The SMILES string of the molecule is CNC(=O)CCCNC(=O)OCc1ccccc1. The third-order valence-corrected chi connectivity index (χ3v) is 2.34. The fourth-order valence-electron chi connectivity index (χ4n) is 1.34. The number of hydrogen-bond donors (Lipinski definition) is 2. The summed E-state index contributed by atoms with van der Waals surface area (Å²) in [4.78, 5) is 22.2. The summed E-state index contributed by atoms with van der Waals surface area (Å²) in [6.07, 6.45) is 0.533. The Hall–Kier alpha value is -2.04. The predicted octanol–water partition coefficient (Wildman–Crippen LogP) is 1.44. The van der Waals surface area contributed by atoms with Crippen LogP contribution in [0.15, 0.2) is 30.3 Å². The summed E-state index contributed by atoms with van der Waals surface area (Å²) in [5.74, 6) is -0.0329. The smallest absolute Gasteiger partial charge is 0.407 e. The van der Waals surface area contributed by atoms with E-state index in [0.717, 1.165) is 5.56 Å². The van der Waals surface area contributed by atoms with Gasteiger partial charge in [-0.1, -0.05) is 30.3 Å². The van der Waals surface area contributed by atoms with E-state index >= 15 is 0 Å². The number of rotatable bonds is 6.